The third-order valence-corrected chi connectivity index (χ3v) is 0.707. The van der Waals surface area contributed by atoms with Crippen LogP contribution >= 0.6 is 7.82 Å². The van der Waals surface area contributed by atoms with Gasteiger partial charge in [0.15, 0.2) is 0 Å². The van der Waals surface area contributed by atoms with Gasteiger partial charge in [0.1, 0.15) is 0 Å². The minimum absolute atomic E-state index is 0. The van der Waals surface area contributed by atoms with Crippen molar-refractivity contribution in [2.45, 2.75) is 39.5 Å². The molecule has 0 saturated heterocycles. The van der Waals surface area contributed by atoms with Crippen molar-refractivity contribution in [1.29, 1.82) is 0 Å². The zero-order chi connectivity index (χ0) is 11.3. The smallest absolute Gasteiger partial charge is 0 e. The van der Waals surface area contributed by atoms with E-state index < -0.39 is 7.82 Å². The van der Waals surface area contributed by atoms with Crippen LogP contribution in [-0.2, 0) is 23.1 Å². The summed E-state index contributed by atoms with van der Waals surface area (Å²) < 4.78 is 8.55. The van der Waals surface area contributed by atoms with E-state index >= 15 is 0 Å². The Bertz CT molecular complexity index is 99.6. The van der Waals surface area contributed by atoms with Gasteiger partial charge in [-0.1, -0.05) is 26.7 Å². The Morgan fingerprint density at radius 2 is 1.07 bits per heavy atom. The third kappa shape index (κ3) is 239. The molecule has 6 heteroatoms. The molecule has 14 heavy (non-hydrogen) atoms. The van der Waals surface area contributed by atoms with Crippen molar-refractivity contribution >= 4 is 7.82 Å². The van der Waals surface area contributed by atoms with Crippen molar-refractivity contribution in [2.24, 2.45) is 0 Å². The second kappa shape index (κ2) is 19.3. The van der Waals surface area contributed by atoms with Gasteiger partial charge in [-0.15, -0.1) is 0 Å². The monoisotopic (exact) mass is 260 g/mol. The average molecular weight is 260 g/mol. The zero-order valence-corrected chi connectivity index (χ0v) is 11.1. The van der Waals surface area contributed by atoms with Gasteiger partial charge in [-0.25, -0.2) is 0 Å². The molecule has 0 aromatic heterocycles. The molecule has 0 aromatic rings. The number of hydrogen-bond donors (Lipinski definition) is 0. The maximum absolute atomic E-state index is 8.55. The van der Waals surface area contributed by atoms with Gasteiger partial charge in [0.25, 0.3) is 0 Å². The molecule has 0 rings (SSSR count). The molecule has 0 amide bonds. The summed E-state index contributed by atoms with van der Waals surface area (Å²) in [5.74, 6) is 0. The predicted molar refractivity (Wildman–Crippen MR) is 48.1 cm³/mol. The van der Waals surface area contributed by atoms with Crippen LogP contribution in [0.25, 0.3) is 0 Å². The SMILES string of the molecule is O=P([O-])([O-])[O-].[CH2-]CCC.[CH2-]CCC.[V]. The van der Waals surface area contributed by atoms with Gasteiger partial charge in [-0.3, -0.25) is 0 Å². The van der Waals surface area contributed by atoms with E-state index in [0.717, 1.165) is 12.8 Å². The van der Waals surface area contributed by atoms with Gasteiger partial charge in [0, 0.05) is 18.6 Å². The van der Waals surface area contributed by atoms with E-state index in [1.165, 1.54) is 12.8 Å². The fourth-order valence-corrected chi connectivity index (χ4v) is 0. The Morgan fingerprint density at radius 1 is 1.00 bits per heavy atom. The molecule has 1 radical (unpaired) electrons. The summed E-state index contributed by atoms with van der Waals surface area (Å²) in [6, 6.07) is 0. The van der Waals surface area contributed by atoms with E-state index in [9.17, 15) is 0 Å². The number of unbranched alkanes of at least 4 members (excludes halogenated alkanes) is 2. The van der Waals surface area contributed by atoms with Crippen molar-refractivity contribution in [3.63, 3.8) is 0 Å². The largest absolute Gasteiger partial charge is 0.822 e. The summed E-state index contributed by atoms with van der Waals surface area (Å²) >= 11 is 0. The van der Waals surface area contributed by atoms with Gasteiger partial charge in [0.05, 0.1) is 0 Å². The Labute approximate surface area is 99.2 Å². The predicted octanol–water partition coefficient (Wildman–Crippen LogP) is 0.414. The summed E-state index contributed by atoms with van der Waals surface area (Å²) in [5, 5.41) is 0. The molecule has 4 nitrogen and oxygen atoms in total. The first-order valence-electron chi connectivity index (χ1n) is 4.14. The summed E-state index contributed by atoms with van der Waals surface area (Å²) in [6.07, 6.45) is 4.56. The maximum atomic E-state index is 8.55. The molecule has 0 aromatic carbocycles. The van der Waals surface area contributed by atoms with E-state index in [4.69, 9.17) is 19.2 Å². The van der Waals surface area contributed by atoms with Gasteiger partial charge in [-0.2, -0.15) is 20.7 Å². The number of hydrogen-bond acceptors (Lipinski definition) is 4. The van der Waals surface area contributed by atoms with Crippen LogP contribution in [0.5, 0.6) is 0 Å². The first-order chi connectivity index (χ1) is 5.83. The van der Waals surface area contributed by atoms with E-state index in [1.54, 1.807) is 0 Å². The van der Waals surface area contributed by atoms with Crippen molar-refractivity contribution < 1.29 is 37.8 Å². The second-order valence-corrected chi connectivity index (χ2v) is 3.05. The molecule has 0 spiro atoms. The van der Waals surface area contributed by atoms with Crippen LogP contribution in [0.4, 0.5) is 0 Å². The first kappa shape index (κ1) is 24.1. The first-order valence-corrected chi connectivity index (χ1v) is 5.61. The molecule has 89 valence electrons. The van der Waals surface area contributed by atoms with Crippen LogP contribution in [0.15, 0.2) is 0 Å². The Balaban J connectivity index is -0.0000000522. The van der Waals surface area contributed by atoms with E-state index in [0.29, 0.717) is 0 Å². The van der Waals surface area contributed by atoms with Crippen molar-refractivity contribution in [3.8, 4) is 0 Å². The molecule has 0 unspecified atom stereocenters. The van der Waals surface area contributed by atoms with Gasteiger partial charge < -0.3 is 33.1 Å². The molecule has 0 N–H and O–H groups in total. The van der Waals surface area contributed by atoms with Crippen LogP contribution < -0.4 is 14.7 Å². The molecule has 0 aliphatic rings. The van der Waals surface area contributed by atoms with Gasteiger partial charge in [-0.05, 0) is 0 Å². The summed E-state index contributed by atoms with van der Waals surface area (Å²) in [4.78, 5) is 25.6. The molecule has 0 fully saturated rings. The topological polar surface area (TPSA) is 86.2 Å². The van der Waals surface area contributed by atoms with Gasteiger partial charge >= 0.3 is 0 Å². The van der Waals surface area contributed by atoms with Crippen molar-refractivity contribution in [3.05, 3.63) is 13.8 Å². The molecule has 0 bridgehead atoms. The minimum Gasteiger partial charge on any atom is -0.822 e. The standard InChI is InChI=1S/2C4H9.H3O4P.V/c2*1-3-4-2;1-5(2,3)4;/h2*1,3-4H2,2H3;(H3,1,2,3,4);/q2*-1;;/p-3. The molecule has 0 aliphatic heterocycles. The summed E-state index contributed by atoms with van der Waals surface area (Å²) in [6.45, 7) is 11.4. The number of rotatable bonds is 2. The van der Waals surface area contributed by atoms with Crippen LogP contribution in [0.1, 0.15) is 39.5 Å². The third-order valence-electron chi connectivity index (χ3n) is 0.707. The summed E-state index contributed by atoms with van der Waals surface area (Å²) in [7, 11) is -5.39. The van der Waals surface area contributed by atoms with E-state index in [1.807, 2.05) is 0 Å². The quantitative estimate of drug-likeness (QED) is 0.531. The van der Waals surface area contributed by atoms with Crippen LogP contribution in [-0.4, -0.2) is 0 Å². The fraction of sp³-hybridized carbons (Fsp3) is 0.750. The maximum Gasteiger partial charge on any atom is 0 e. The van der Waals surface area contributed by atoms with E-state index in [-0.39, 0.29) is 18.6 Å². The van der Waals surface area contributed by atoms with Crippen molar-refractivity contribution in [2.75, 3.05) is 0 Å². The van der Waals surface area contributed by atoms with E-state index in [2.05, 4.69) is 27.7 Å². The molecule has 0 aliphatic carbocycles. The Kier molecular flexibility index (Phi) is 33.2. The average Bonchev–Trinajstić information content (AvgIpc) is 2.01. The fourth-order valence-electron chi connectivity index (χ4n) is 0. The Morgan fingerprint density at radius 3 is 1.07 bits per heavy atom. The van der Waals surface area contributed by atoms with Crippen LogP contribution in [0.2, 0.25) is 0 Å². The second-order valence-electron chi connectivity index (χ2n) is 2.15. The Hall–Kier alpha value is 0.694. The molecule has 0 saturated carbocycles. The van der Waals surface area contributed by atoms with Crippen LogP contribution in [0.3, 0.4) is 0 Å². The number of phosphoric acid groups is 1. The molecule has 0 atom stereocenters. The molecular weight excluding hydrogens is 242 g/mol. The summed E-state index contributed by atoms with van der Waals surface area (Å²) in [5.41, 5.74) is 0. The molecule has 0 heterocycles. The minimum atomic E-state index is -5.39. The normalized spacial score (nSPS) is 8.50. The molecular formula is C8H18O4PV-5. The van der Waals surface area contributed by atoms with Crippen molar-refractivity contribution in [1.82, 2.24) is 0 Å². The zero-order valence-electron chi connectivity index (χ0n) is 8.77. The van der Waals surface area contributed by atoms with Crippen LogP contribution in [0, 0.1) is 13.8 Å². The van der Waals surface area contributed by atoms with Gasteiger partial charge in [0.2, 0.25) is 0 Å².